The molecular weight excluding hydrogens is 222 g/mol. The first-order valence-electron chi connectivity index (χ1n) is 6.18. The molecule has 0 radical (unpaired) electrons. The molecule has 0 fully saturated rings. The van der Waals surface area contributed by atoms with Crippen molar-refractivity contribution in [3.8, 4) is 0 Å². The zero-order valence-corrected chi connectivity index (χ0v) is 10.8. The Kier molecular flexibility index (Phi) is 1.63. The highest BCUT2D eigenvalue weighted by atomic mass is 15.4. The highest BCUT2D eigenvalue weighted by molar-refractivity contribution is 6.05. The Bertz CT molecular complexity index is 734. The van der Waals surface area contributed by atoms with Gasteiger partial charge >= 0.3 is 0 Å². The maximum absolute atomic E-state index is 2.28. The molecule has 0 amide bonds. The molecule has 90 valence electrons. The second-order valence-electron chi connectivity index (χ2n) is 5.02. The van der Waals surface area contributed by atoms with E-state index >= 15 is 0 Å². The zero-order valence-electron chi connectivity index (χ0n) is 10.8. The number of anilines is 1. The Hall–Kier alpha value is -2.16. The van der Waals surface area contributed by atoms with Crippen molar-refractivity contribution in [3.05, 3.63) is 47.7 Å². The molecule has 0 unspecified atom stereocenters. The van der Waals surface area contributed by atoms with Crippen LogP contribution in [-0.2, 0) is 7.05 Å². The van der Waals surface area contributed by atoms with Crippen molar-refractivity contribution >= 4 is 22.7 Å². The largest absolute Gasteiger partial charge is 0.346 e. The fraction of sp³-hybridized carbons (Fsp3) is 0.200. The lowest BCUT2D eigenvalue weighted by Crippen LogP contribution is -2.21. The molecule has 18 heavy (non-hydrogen) atoms. The van der Waals surface area contributed by atoms with Gasteiger partial charge < -0.3 is 9.47 Å². The van der Waals surface area contributed by atoms with Crippen LogP contribution in [0.15, 0.2) is 36.4 Å². The number of nitrogens with zero attached hydrogens (tertiary/aromatic N) is 3. The summed E-state index contributed by atoms with van der Waals surface area (Å²) in [5.41, 5.74) is 5.25. The lowest BCUT2D eigenvalue weighted by atomic mass is 10.0. The molecule has 1 aromatic heterocycles. The summed E-state index contributed by atoms with van der Waals surface area (Å²) in [6.07, 6.45) is 6.51. The van der Waals surface area contributed by atoms with E-state index in [1.165, 1.54) is 33.7 Å². The Labute approximate surface area is 106 Å². The molecule has 0 N–H and O–H groups in total. The Morgan fingerprint density at radius 1 is 1.06 bits per heavy atom. The predicted molar refractivity (Wildman–Crippen MR) is 75.0 cm³/mol. The van der Waals surface area contributed by atoms with Crippen LogP contribution in [0.3, 0.4) is 0 Å². The van der Waals surface area contributed by atoms with Crippen LogP contribution < -0.4 is 4.90 Å². The van der Waals surface area contributed by atoms with Crippen molar-refractivity contribution in [3.63, 3.8) is 0 Å². The Morgan fingerprint density at radius 3 is 2.72 bits per heavy atom. The van der Waals surface area contributed by atoms with Gasteiger partial charge in [-0.15, -0.1) is 0 Å². The fourth-order valence-corrected chi connectivity index (χ4v) is 3.02. The molecule has 2 aliphatic rings. The van der Waals surface area contributed by atoms with Gasteiger partial charge in [-0.25, -0.2) is 0 Å². The van der Waals surface area contributed by atoms with Gasteiger partial charge in [0.15, 0.2) is 0 Å². The number of aromatic nitrogens is 1. The van der Waals surface area contributed by atoms with Crippen LogP contribution in [0.1, 0.15) is 11.3 Å². The molecular formula is C15H15N3. The van der Waals surface area contributed by atoms with Crippen LogP contribution in [0.2, 0.25) is 0 Å². The van der Waals surface area contributed by atoms with E-state index in [4.69, 9.17) is 0 Å². The minimum atomic E-state index is 1.23. The third-order valence-electron chi connectivity index (χ3n) is 4.09. The lowest BCUT2D eigenvalue weighted by Gasteiger charge is -2.26. The minimum absolute atomic E-state index is 1.23. The van der Waals surface area contributed by atoms with Crippen LogP contribution in [0, 0.1) is 6.92 Å². The van der Waals surface area contributed by atoms with Crippen molar-refractivity contribution in [2.24, 2.45) is 7.05 Å². The van der Waals surface area contributed by atoms with Crippen molar-refractivity contribution in [1.29, 1.82) is 0 Å². The number of rotatable bonds is 0. The second-order valence-corrected chi connectivity index (χ2v) is 5.02. The van der Waals surface area contributed by atoms with Crippen molar-refractivity contribution in [2.75, 3.05) is 11.9 Å². The first kappa shape index (κ1) is 9.83. The number of benzene rings is 1. The van der Waals surface area contributed by atoms with Crippen molar-refractivity contribution in [1.82, 2.24) is 9.47 Å². The highest BCUT2D eigenvalue weighted by Gasteiger charge is 2.28. The summed E-state index contributed by atoms with van der Waals surface area (Å²) < 4.78 is 2.27. The summed E-state index contributed by atoms with van der Waals surface area (Å²) in [7, 11) is 4.23. The average molecular weight is 237 g/mol. The van der Waals surface area contributed by atoms with Gasteiger partial charge in [0.1, 0.15) is 5.82 Å². The van der Waals surface area contributed by atoms with Gasteiger partial charge in [-0.3, -0.25) is 4.90 Å². The van der Waals surface area contributed by atoms with E-state index in [1.54, 1.807) is 0 Å². The zero-order chi connectivity index (χ0) is 12.4. The normalized spacial score (nSPS) is 16.5. The maximum Gasteiger partial charge on any atom is 0.117 e. The third-order valence-corrected chi connectivity index (χ3v) is 4.09. The molecule has 0 saturated heterocycles. The number of hydrogen-bond acceptors (Lipinski definition) is 2. The quantitative estimate of drug-likeness (QED) is 0.697. The molecule has 0 aliphatic carbocycles. The average Bonchev–Trinajstić information content (AvgIpc) is 2.86. The molecule has 0 spiro atoms. The van der Waals surface area contributed by atoms with E-state index in [9.17, 15) is 0 Å². The van der Waals surface area contributed by atoms with Crippen molar-refractivity contribution < 1.29 is 0 Å². The molecule has 0 saturated carbocycles. The van der Waals surface area contributed by atoms with E-state index in [-0.39, 0.29) is 0 Å². The first-order chi connectivity index (χ1) is 8.68. The SMILES string of the molecule is Cc1c2c3c(cccc3n1C)C=C1N(C)C=CN12. The monoisotopic (exact) mass is 237 g/mol. The second kappa shape index (κ2) is 2.99. The van der Waals surface area contributed by atoms with E-state index in [1.807, 2.05) is 0 Å². The topological polar surface area (TPSA) is 11.4 Å². The van der Waals surface area contributed by atoms with Crippen LogP contribution in [0.25, 0.3) is 17.0 Å². The molecule has 2 aliphatic heterocycles. The number of aryl methyl sites for hydroxylation is 1. The van der Waals surface area contributed by atoms with Crippen LogP contribution in [0.4, 0.5) is 5.69 Å². The molecule has 3 heterocycles. The van der Waals surface area contributed by atoms with Crippen LogP contribution in [0.5, 0.6) is 0 Å². The fourth-order valence-electron chi connectivity index (χ4n) is 3.02. The lowest BCUT2D eigenvalue weighted by molar-refractivity contribution is 0.589. The van der Waals surface area contributed by atoms with Gasteiger partial charge in [0, 0.05) is 37.6 Å². The van der Waals surface area contributed by atoms with Crippen LogP contribution in [-0.4, -0.2) is 16.5 Å². The number of fused-ring (bicyclic) bond motifs is 2. The van der Waals surface area contributed by atoms with E-state index < -0.39 is 0 Å². The molecule has 4 rings (SSSR count). The molecule has 0 bridgehead atoms. The Morgan fingerprint density at radius 2 is 1.89 bits per heavy atom. The summed E-state index contributed by atoms with van der Waals surface area (Å²) >= 11 is 0. The predicted octanol–water partition coefficient (Wildman–Crippen LogP) is 3.02. The molecule has 3 nitrogen and oxygen atoms in total. The van der Waals surface area contributed by atoms with Crippen molar-refractivity contribution in [2.45, 2.75) is 6.92 Å². The third kappa shape index (κ3) is 0.957. The Balaban J connectivity index is 2.17. The molecule has 0 atom stereocenters. The summed E-state index contributed by atoms with van der Waals surface area (Å²) in [6, 6.07) is 6.52. The first-order valence-corrected chi connectivity index (χ1v) is 6.18. The van der Waals surface area contributed by atoms with Gasteiger partial charge in [0.2, 0.25) is 0 Å². The smallest absolute Gasteiger partial charge is 0.117 e. The highest BCUT2D eigenvalue weighted by Crippen LogP contribution is 2.43. The van der Waals surface area contributed by atoms with Gasteiger partial charge in [-0.05, 0) is 24.6 Å². The van der Waals surface area contributed by atoms with Gasteiger partial charge in [0.05, 0.1) is 11.2 Å². The maximum atomic E-state index is 2.28. The summed E-state index contributed by atoms with van der Waals surface area (Å²) in [5, 5.41) is 1.36. The van der Waals surface area contributed by atoms with E-state index in [0.717, 1.165) is 0 Å². The summed E-state index contributed by atoms with van der Waals surface area (Å²) in [6.45, 7) is 2.19. The van der Waals surface area contributed by atoms with Gasteiger partial charge in [0.25, 0.3) is 0 Å². The standard InChI is InChI=1S/C15H15N3/c1-10-15-14-11(5-4-6-12(14)17(10)3)9-13-16(2)7-8-18(13)15/h4-9H,1-3H3. The minimum Gasteiger partial charge on any atom is -0.346 e. The number of hydrogen-bond donors (Lipinski definition) is 0. The molecule has 1 aromatic carbocycles. The van der Waals surface area contributed by atoms with E-state index in [0.29, 0.717) is 0 Å². The molecule has 2 aromatic rings. The summed E-state index contributed by atoms with van der Waals surface area (Å²) in [4.78, 5) is 4.44. The van der Waals surface area contributed by atoms with Crippen LogP contribution >= 0.6 is 0 Å². The van der Waals surface area contributed by atoms with E-state index in [2.05, 4.69) is 72.1 Å². The summed E-state index contributed by atoms with van der Waals surface area (Å²) in [5.74, 6) is 1.23. The van der Waals surface area contributed by atoms with Gasteiger partial charge in [-0.2, -0.15) is 0 Å². The molecule has 3 heteroatoms. The van der Waals surface area contributed by atoms with Gasteiger partial charge in [-0.1, -0.05) is 12.1 Å².